The molecular weight excluding hydrogens is 252 g/mol. The second-order valence-corrected chi connectivity index (χ2v) is 7.49. The minimum absolute atomic E-state index is 0.0726. The molecule has 1 heterocycles. The zero-order valence-electron chi connectivity index (χ0n) is 13.3. The fourth-order valence-electron chi connectivity index (χ4n) is 3.10. The van der Waals surface area contributed by atoms with Gasteiger partial charge < -0.3 is 10.0 Å². The van der Waals surface area contributed by atoms with Gasteiger partial charge in [-0.15, -0.1) is 0 Å². The first-order valence-corrected chi connectivity index (χ1v) is 8.07. The van der Waals surface area contributed by atoms with Crippen LogP contribution in [-0.4, -0.2) is 59.6 Å². The molecule has 0 unspecified atom stereocenters. The van der Waals surface area contributed by atoms with Gasteiger partial charge >= 0.3 is 0 Å². The summed E-state index contributed by atoms with van der Waals surface area (Å²) in [6.07, 6.45) is 4.30. The summed E-state index contributed by atoms with van der Waals surface area (Å²) in [7, 11) is 0. The van der Waals surface area contributed by atoms with Gasteiger partial charge in [-0.1, -0.05) is 33.6 Å². The molecule has 116 valence electrons. The average Bonchev–Trinajstić information content (AvgIpc) is 2.91. The number of carbonyl (C=O) groups excluding carboxylic acids is 1. The Morgan fingerprint density at radius 3 is 2.20 bits per heavy atom. The number of carbonyl (C=O) groups is 1. The molecule has 0 radical (unpaired) electrons. The van der Waals surface area contributed by atoms with Gasteiger partial charge in [0.2, 0.25) is 5.91 Å². The van der Waals surface area contributed by atoms with Crippen molar-refractivity contribution >= 4 is 5.91 Å². The van der Waals surface area contributed by atoms with Crippen LogP contribution in [0.3, 0.4) is 0 Å². The van der Waals surface area contributed by atoms with E-state index in [1.54, 1.807) is 0 Å². The largest absolute Gasteiger partial charge is 0.391 e. The van der Waals surface area contributed by atoms with Crippen molar-refractivity contribution in [2.45, 2.75) is 52.6 Å². The standard InChI is InChI=1S/C16H30N2O2/c1-16(2,3)14(19)12-17-8-10-18(11-9-17)15(20)13-6-4-5-7-13/h13-14,19H,4-12H2,1-3H3/t14-/m1/s1. The highest BCUT2D eigenvalue weighted by molar-refractivity contribution is 5.79. The first-order valence-electron chi connectivity index (χ1n) is 8.07. The maximum Gasteiger partial charge on any atom is 0.225 e. The van der Waals surface area contributed by atoms with E-state index in [1.165, 1.54) is 12.8 Å². The van der Waals surface area contributed by atoms with Crippen LogP contribution in [-0.2, 0) is 4.79 Å². The number of piperazine rings is 1. The van der Waals surface area contributed by atoms with Crippen LogP contribution in [0.15, 0.2) is 0 Å². The highest BCUT2D eigenvalue weighted by atomic mass is 16.3. The van der Waals surface area contributed by atoms with Gasteiger partial charge in [-0.3, -0.25) is 9.69 Å². The Hall–Kier alpha value is -0.610. The van der Waals surface area contributed by atoms with E-state index in [1.807, 2.05) is 4.90 Å². The minimum atomic E-state index is -0.306. The highest BCUT2D eigenvalue weighted by Crippen LogP contribution is 2.27. The number of aliphatic hydroxyl groups is 1. The molecular formula is C16H30N2O2. The molecule has 20 heavy (non-hydrogen) atoms. The van der Waals surface area contributed by atoms with Crippen LogP contribution in [0.5, 0.6) is 0 Å². The molecule has 2 fully saturated rings. The molecule has 0 aromatic heterocycles. The normalized spacial score (nSPS) is 24.1. The Labute approximate surface area is 123 Å². The van der Waals surface area contributed by atoms with Gasteiger partial charge in [0.1, 0.15) is 0 Å². The number of rotatable bonds is 3. The summed E-state index contributed by atoms with van der Waals surface area (Å²) in [6, 6.07) is 0. The Bertz CT molecular complexity index is 324. The van der Waals surface area contributed by atoms with Crippen LogP contribution in [0.1, 0.15) is 46.5 Å². The van der Waals surface area contributed by atoms with Crippen molar-refractivity contribution in [2.24, 2.45) is 11.3 Å². The Kier molecular flexibility index (Phi) is 5.08. The van der Waals surface area contributed by atoms with E-state index in [0.29, 0.717) is 11.8 Å². The predicted octanol–water partition coefficient (Wildman–Crippen LogP) is 1.73. The maximum atomic E-state index is 12.3. The second-order valence-electron chi connectivity index (χ2n) is 7.49. The van der Waals surface area contributed by atoms with E-state index in [4.69, 9.17) is 0 Å². The molecule has 1 saturated carbocycles. The van der Waals surface area contributed by atoms with Crippen LogP contribution < -0.4 is 0 Å². The molecule has 1 saturated heterocycles. The van der Waals surface area contributed by atoms with Crippen molar-refractivity contribution < 1.29 is 9.90 Å². The topological polar surface area (TPSA) is 43.8 Å². The molecule has 0 spiro atoms. The van der Waals surface area contributed by atoms with Crippen LogP contribution >= 0.6 is 0 Å². The van der Waals surface area contributed by atoms with Gasteiger partial charge in [0.05, 0.1) is 6.10 Å². The average molecular weight is 282 g/mol. The Balaban J connectivity index is 1.76. The molecule has 1 aliphatic heterocycles. The minimum Gasteiger partial charge on any atom is -0.391 e. The number of amides is 1. The number of β-amino-alcohol motifs (C(OH)–C–C–N with tert-alkyl or cyclic N) is 1. The van der Waals surface area contributed by atoms with Crippen molar-refractivity contribution in [1.29, 1.82) is 0 Å². The van der Waals surface area contributed by atoms with E-state index >= 15 is 0 Å². The number of aliphatic hydroxyl groups excluding tert-OH is 1. The number of hydrogen-bond acceptors (Lipinski definition) is 3. The molecule has 4 nitrogen and oxygen atoms in total. The fraction of sp³-hybridized carbons (Fsp3) is 0.938. The fourth-order valence-corrected chi connectivity index (χ4v) is 3.10. The summed E-state index contributed by atoms with van der Waals surface area (Å²) in [6.45, 7) is 10.4. The third-order valence-corrected chi connectivity index (χ3v) is 4.82. The molecule has 1 atom stereocenters. The van der Waals surface area contributed by atoms with Gasteiger partial charge in [-0.2, -0.15) is 0 Å². The van der Waals surface area contributed by atoms with E-state index in [-0.39, 0.29) is 11.5 Å². The molecule has 0 aromatic carbocycles. The number of nitrogens with zero attached hydrogens (tertiary/aromatic N) is 2. The lowest BCUT2D eigenvalue weighted by molar-refractivity contribution is -0.137. The van der Waals surface area contributed by atoms with Crippen LogP contribution in [0.25, 0.3) is 0 Å². The van der Waals surface area contributed by atoms with E-state index in [2.05, 4.69) is 25.7 Å². The van der Waals surface area contributed by atoms with Crippen LogP contribution in [0.4, 0.5) is 0 Å². The zero-order valence-corrected chi connectivity index (χ0v) is 13.3. The smallest absolute Gasteiger partial charge is 0.225 e. The van der Waals surface area contributed by atoms with Crippen LogP contribution in [0.2, 0.25) is 0 Å². The van der Waals surface area contributed by atoms with Crippen LogP contribution in [0, 0.1) is 11.3 Å². The second kappa shape index (κ2) is 6.44. The van der Waals surface area contributed by atoms with Crippen molar-refractivity contribution in [1.82, 2.24) is 9.80 Å². The van der Waals surface area contributed by atoms with Crippen molar-refractivity contribution in [2.75, 3.05) is 32.7 Å². The van der Waals surface area contributed by atoms with Gasteiger partial charge in [0, 0.05) is 38.6 Å². The number of hydrogen-bond donors (Lipinski definition) is 1. The molecule has 0 bridgehead atoms. The van der Waals surface area contributed by atoms with Gasteiger partial charge in [-0.25, -0.2) is 0 Å². The highest BCUT2D eigenvalue weighted by Gasteiger charge is 2.31. The van der Waals surface area contributed by atoms with Crippen molar-refractivity contribution in [3.63, 3.8) is 0 Å². The SMILES string of the molecule is CC(C)(C)[C@H](O)CN1CCN(C(=O)C2CCCC2)CC1. The van der Waals surface area contributed by atoms with Crippen molar-refractivity contribution in [3.8, 4) is 0 Å². The Morgan fingerprint density at radius 1 is 1.15 bits per heavy atom. The zero-order chi connectivity index (χ0) is 14.8. The molecule has 1 amide bonds. The third kappa shape index (κ3) is 3.95. The summed E-state index contributed by atoms with van der Waals surface area (Å²) >= 11 is 0. The van der Waals surface area contributed by atoms with Gasteiger partial charge in [0.25, 0.3) is 0 Å². The van der Waals surface area contributed by atoms with E-state index in [0.717, 1.165) is 45.6 Å². The molecule has 4 heteroatoms. The maximum absolute atomic E-state index is 12.3. The predicted molar refractivity (Wildman–Crippen MR) is 80.4 cm³/mol. The molecule has 2 aliphatic rings. The first kappa shape index (κ1) is 15.8. The van der Waals surface area contributed by atoms with E-state index in [9.17, 15) is 9.90 Å². The summed E-state index contributed by atoms with van der Waals surface area (Å²) in [5.74, 6) is 0.667. The Morgan fingerprint density at radius 2 is 1.70 bits per heavy atom. The molecule has 2 rings (SSSR count). The van der Waals surface area contributed by atoms with E-state index < -0.39 is 0 Å². The summed E-state index contributed by atoms with van der Waals surface area (Å²) in [5, 5.41) is 10.2. The lowest BCUT2D eigenvalue weighted by atomic mass is 9.89. The molecule has 1 N–H and O–H groups in total. The lowest BCUT2D eigenvalue weighted by Crippen LogP contribution is -2.52. The first-order chi connectivity index (χ1) is 9.38. The quantitative estimate of drug-likeness (QED) is 0.857. The summed E-state index contributed by atoms with van der Waals surface area (Å²) in [5.41, 5.74) is -0.0726. The lowest BCUT2D eigenvalue weighted by Gasteiger charge is -2.38. The molecule has 0 aromatic rings. The van der Waals surface area contributed by atoms with Gasteiger partial charge in [0.15, 0.2) is 0 Å². The molecule has 1 aliphatic carbocycles. The monoisotopic (exact) mass is 282 g/mol. The summed E-state index contributed by atoms with van der Waals surface area (Å²) in [4.78, 5) is 16.7. The third-order valence-electron chi connectivity index (χ3n) is 4.82. The van der Waals surface area contributed by atoms with Gasteiger partial charge in [-0.05, 0) is 18.3 Å². The summed E-state index contributed by atoms with van der Waals surface area (Å²) < 4.78 is 0. The van der Waals surface area contributed by atoms with Crippen molar-refractivity contribution in [3.05, 3.63) is 0 Å².